The fraction of sp³-hybridized carbons (Fsp3) is 0.500. The Kier molecular flexibility index (Phi) is 5.70. The van der Waals surface area contributed by atoms with E-state index in [-0.39, 0.29) is 17.9 Å². The van der Waals surface area contributed by atoms with Gasteiger partial charge in [-0.3, -0.25) is 4.79 Å². The van der Waals surface area contributed by atoms with Crippen molar-refractivity contribution >= 4 is 5.91 Å². The number of hydrogen-bond acceptors (Lipinski definition) is 2. The molecule has 0 saturated carbocycles. The first kappa shape index (κ1) is 13.7. The SMILES string of the molecule is CCC(CN)C(=O)NC(CC)c1ccccc1. The first-order chi connectivity index (χ1) is 8.22. The summed E-state index contributed by atoms with van der Waals surface area (Å²) in [6.07, 6.45) is 1.67. The van der Waals surface area contributed by atoms with E-state index in [4.69, 9.17) is 5.73 Å². The van der Waals surface area contributed by atoms with E-state index in [0.717, 1.165) is 18.4 Å². The second-order valence-corrected chi connectivity index (χ2v) is 4.22. The van der Waals surface area contributed by atoms with Crippen molar-refractivity contribution in [1.82, 2.24) is 5.32 Å². The summed E-state index contributed by atoms with van der Waals surface area (Å²) >= 11 is 0. The maximum atomic E-state index is 12.0. The molecule has 3 heteroatoms. The Balaban J connectivity index is 2.68. The van der Waals surface area contributed by atoms with Crippen LogP contribution >= 0.6 is 0 Å². The third-order valence-corrected chi connectivity index (χ3v) is 3.07. The Hall–Kier alpha value is -1.35. The van der Waals surface area contributed by atoms with Crippen LogP contribution in [0, 0.1) is 5.92 Å². The Morgan fingerprint density at radius 1 is 1.24 bits per heavy atom. The summed E-state index contributed by atoms with van der Waals surface area (Å²) in [6, 6.07) is 10.1. The topological polar surface area (TPSA) is 55.1 Å². The highest BCUT2D eigenvalue weighted by Crippen LogP contribution is 2.16. The van der Waals surface area contributed by atoms with Crippen LogP contribution < -0.4 is 11.1 Å². The van der Waals surface area contributed by atoms with Gasteiger partial charge in [0, 0.05) is 12.5 Å². The summed E-state index contributed by atoms with van der Waals surface area (Å²) in [6.45, 7) is 4.47. The average Bonchev–Trinajstić information content (AvgIpc) is 2.38. The van der Waals surface area contributed by atoms with Gasteiger partial charge >= 0.3 is 0 Å². The van der Waals surface area contributed by atoms with E-state index in [2.05, 4.69) is 12.2 Å². The number of rotatable bonds is 6. The monoisotopic (exact) mass is 234 g/mol. The Bertz CT molecular complexity index is 333. The fourth-order valence-corrected chi connectivity index (χ4v) is 1.86. The lowest BCUT2D eigenvalue weighted by atomic mass is 10.0. The van der Waals surface area contributed by atoms with Crippen molar-refractivity contribution in [2.24, 2.45) is 11.7 Å². The van der Waals surface area contributed by atoms with Crippen LogP contribution in [0.4, 0.5) is 0 Å². The molecule has 1 rings (SSSR count). The van der Waals surface area contributed by atoms with Gasteiger partial charge in [0.25, 0.3) is 0 Å². The van der Waals surface area contributed by atoms with Gasteiger partial charge in [-0.25, -0.2) is 0 Å². The first-order valence-electron chi connectivity index (χ1n) is 6.28. The van der Waals surface area contributed by atoms with Gasteiger partial charge in [-0.1, -0.05) is 44.2 Å². The third-order valence-electron chi connectivity index (χ3n) is 3.07. The van der Waals surface area contributed by atoms with Crippen molar-refractivity contribution in [2.45, 2.75) is 32.7 Å². The minimum atomic E-state index is -0.0761. The molecule has 17 heavy (non-hydrogen) atoms. The number of benzene rings is 1. The van der Waals surface area contributed by atoms with Crippen LogP contribution in [0.1, 0.15) is 38.3 Å². The Morgan fingerprint density at radius 3 is 2.35 bits per heavy atom. The summed E-state index contributed by atoms with van der Waals surface area (Å²) in [4.78, 5) is 12.0. The molecular weight excluding hydrogens is 212 g/mol. The molecule has 0 aromatic heterocycles. The number of amides is 1. The van der Waals surface area contributed by atoms with E-state index in [9.17, 15) is 4.79 Å². The van der Waals surface area contributed by atoms with E-state index in [0.29, 0.717) is 6.54 Å². The molecule has 0 fully saturated rings. The van der Waals surface area contributed by atoms with Gasteiger partial charge in [0.1, 0.15) is 0 Å². The third kappa shape index (κ3) is 3.86. The summed E-state index contributed by atoms with van der Waals surface area (Å²) in [5, 5.41) is 3.07. The predicted octanol–water partition coefficient (Wildman–Crippen LogP) is 2.24. The summed E-state index contributed by atoms with van der Waals surface area (Å²) in [5.74, 6) is -0.0153. The number of hydrogen-bond donors (Lipinski definition) is 2. The molecule has 94 valence electrons. The molecule has 0 radical (unpaired) electrons. The van der Waals surface area contributed by atoms with E-state index in [1.807, 2.05) is 37.3 Å². The summed E-state index contributed by atoms with van der Waals surface area (Å²) in [7, 11) is 0. The van der Waals surface area contributed by atoms with Gasteiger partial charge in [-0.2, -0.15) is 0 Å². The Morgan fingerprint density at radius 2 is 1.88 bits per heavy atom. The molecule has 0 spiro atoms. The van der Waals surface area contributed by atoms with Crippen molar-refractivity contribution in [1.29, 1.82) is 0 Å². The molecule has 2 unspecified atom stereocenters. The molecule has 1 amide bonds. The zero-order valence-corrected chi connectivity index (χ0v) is 10.6. The van der Waals surface area contributed by atoms with Crippen LogP contribution in [0.5, 0.6) is 0 Å². The molecular formula is C14H22N2O. The number of carbonyl (C=O) groups excluding carboxylic acids is 1. The first-order valence-corrected chi connectivity index (χ1v) is 6.28. The van der Waals surface area contributed by atoms with Crippen LogP contribution in [0.15, 0.2) is 30.3 Å². The average molecular weight is 234 g/mol. The highest BCUT2D eigenvalue weighted by atomic mass is 16.1. The fourth-order valence-electron chi connectivity index (χ4n) is 1.86. The van der Waals surface area contributed by atoms with Crippen molar-refractivity contribution < 1.29 is 4.79 Å². The largest absolute Gasteiger partial charge is 0.349 e. The zero-order valence-electron chi connectivity index (χ0n) is 10.6. The molecule has 0 aliphatic heterocycles. The van der Waals surface area contributed by atoms with E-state index in [1.54, 1.807) is 0 Å². The number of nitrogens with one attached hydrogen (secondary N) is 1. The van der Waals surface area contributed by atoms with Crippen LogP contribution in [-0.4, -0.2) is 12.5 Å². The maximum Gasteiger partial charge on any atom is 0.224 e. The van der Waals surface area contributed by atoms with Crippen LogP contribution in [-0.2, 0) is 4.79 Å². The molecule has 3 N–H and O–H groups in total. The summed E-state index contributed by atoms with van der Waals surface area (Å²) < 4.78 is 0. The highest BCUT2D eigenvalue weighted by Gasteiger charge is 2.18. The van der Waals surface area contributed by atoms with Crippen molar-refractivity contribution in [3.8, 4) is 0 Å². The molecule has 0 heterocycles. The number of nitrogens with two attached hydrogens (primary N) is 1. The minimum Gasteiger partial charge on any atom is -0.349 e. The van der Waals surface area contributed by atoms with Gasteiger partial charge in [-0.15, -0.1) is 0 Å². The van der Waals surface area contributed by atoms with Gasteiger partial charge < -0.3 is 11.1 Å². The second-order valence-electron chi connectivity index (χ2n) is 4.22. The predicted molar refractivity (Wildman–Crippen MR) is 70.5 cm³/mol. The van der Waals surface area contributed by atoms with Gasteiger partial charge in [0.15, 0.2) is 0 Å². The van der Waals surface area contributed by atoms with Crippen LogP contribution in [0.3, 0.4) is 0 Å². The molecule has 0 bridgehead atoms. The van der Waals surface area contributed by atoms with Crippen molar-refractivity contribution in [3.05, 3.63) is 35.9 Å². The quantitative estimate of drug-likeness (QED) is 0.793. The standard InChI is InChI=1S/C14H22N2O/c1-3-11(10-15)14(17)16-13(4-2)12-8-6-5-7-9-12/h5-9,11,13H,3-4,10,15H2,1-2H3,(H,16,17). The number of carbonyl (C=O) groups is 1. The molecule has 1 aromatic rings. The molecule has 2 atom stereocenters. The van der Waals surface area contributed by atoms with Crippen molar-refractivity contribution in [3.63, 3.8) is 0 Å². The second kappa shape index (κ2) is 7.07. The minimum absolute atomic E-state index is 0.0608. The normalized spacial score (nSPS) is 14.1. The molecule has 0 aliphatic rings. The van der Waals surface area contributed by atoms with Crippen molar-refractivity contribution in [2.75, 3.05) is 6.54 Å². The lowest BCUT2D eigenvalue weighted by Gasteiger charge is -2.20. The van der Waals surface area contributed by atoms with E-state index in [1.165, 1.54) is 0 Å². The van der Waals surface area contributed by atoms with E-state index >= 15 is 0 Å². The van der Waals surface area contributed by atoms with Gasteiger partial charge in [0.2, 0.25) is 5.91 Å². The van der Waals surface area contributed by atoms with Gasteiger partial charge in [-0.05, 0) is 18.4 Å². The zero-order chi connectivity index (χ0) is 12.7. The molecule has 0 aliphatic carbocycles. The van der Waals surface area contributed by atoms with E-state index < -0.39 is 0 Å². The smallest absolute Gasteiger partial charge is 0.224 e. The summed E-state index contributed by atoms with van der Waals surface area (Å²) in [5.41, 5.74) is 6.73. The molecule has 0 saturated heterocycles. The lowest BCUT2D eigenvalue weighted by molar-refractivity contribution is -0.125. The molecule has 1 aromatic carbocycles. The Labute approximate surface area is 103 Å². The lowest BCUT2D eigenvalue weighted by Crippen LogP contribution is -2.36. The van der Waals surface area contributed by atoms with Crippen LogP contribution in [0.25, 0.3) is 0 Å². The van der Waals surface area contributed by atoms with Gasteiger partial charge in [0.05, 0.1) is 6.04 Å². The highest BCUT2D eigenvalue weighted by molar-refractivity contribution is 5.79. The van der Waals surface area contributed by atoms with Crippen LogP contribution in [0.2, 0.25) is 0 Å². The molecule has 3 nitrogen and oxygen atoms in total. The maximum absolute atomic E-state index is 12.0.